The summed E-state index contributed by atoms with van der Waals surface area (Å²) in [5.41, 5.74) is 2.18. The van der Waals surface area contributed by atoms with Gasteiger partial charge in [0.15, 0.2) is 0 Å². The maximum atomic E-state index is 9.68. The molecular weight excluding hydrogens is 302 g/mol. The van der Waals surface area contributed by atoms with Gasteiger partial charge in [0.1, 0.15) is 0 Å². The fourth-order valence-electron chi connectivity index (χ4n) is 3.14. The average Bonchev–Trinajstić information content (AvgIpc) is 2.38. The summed E-state index contributed by atoms with van der Waals surface area (Å²) in [4.78, 5) is 2.40. The average molecular weight is 326 g/mol. The summed E-state index contributed by atoms with van der Waals surface area (Å²) in [6.07, 6.45) is 4.90. The van der Waals surface area contributed by atoms with Crippen LogP contribution < -0.4 is 4.90 Å². The number of hydrogen-bond acceptors (Lipinski definition) is 2. The summed E-state index contributed by atoms with van der Waals surface area (Å²) >= 11 is 3.57. The molecular formula is C16H24BrNO. The molecule has 0 saturated heterocycles. The second-order valence-corrected chi connectivity index (χ2v) is 6.68. The van der Waals surface area contributed by atoms with Crippen molar-refractivity contribution in [2.45, 2.75) is 51.7 Å². The normalized spacial score (nSPS) is 25.1. The van der Waals surface area contributed by atoms with Crippen LogP contribution >= 0.6 is 15.9 Å². The number of nitrogens with zero attached hydrogens (tertiary/aromatic N) is 1. The zero-order valence-electron chi connectivity index (χ0n) is 12.1. The summed E-state index contributed by atoms with van der Waals surface area (Å²) in [6.45, 7) is 4.16. The van der Waals surface area contributed by atoms with Gasteiger partial charge in [0, 0.05) is 23.2 Å². The molecule has 3 unspecified atom stereocenters. The number of aliphatic hydroxyl groups is 1. The molecule has 2 rings (SSSR count). The molecule has 0 amide bonds. The van der Waals surface area contributed by atoms with Gasteiger partial charge in [-0.3, -0.25) is 0 Å². The first-order chi connectivity index (χ1) is 9.00. The quantitative estimate of drug-likeness (QED) is 0.883. The summed E-state index contributed by atoms with van der Waals surface area (Å²) in [7, 11) is 2.19. The van der Waals surface area contributed by atoms with Crippen LogP contribution in [-0.2, 0) is 0 Å². The van der Waals surface area contributed by atoms with Crippen LogP contribution in [0.4, 0.5) is 5.69 Å². The Morgan fingerprint density at radius 3 is 2.58 bits per heavy atom. The fraction of sp³-hybridized carbons (Fsp3) is 0.625. The molecule has 1 aliphatic rings. The molecule has 1 aromatic carbocycles. The highest BCUT2D eigenvalue weighted by atomic mass is 79.9. The van der Waals surface area contributed by atoms with Gasteiger partial charge in [0.25, 0.3) is 0 Å². The zero-order chi connectivity index (χ0) is 14.0. The standard InChI is InChI=1S/C16H24BrNO/c1-11-6-4-5-7-16(11)18(3)13-8-9-14(12(2)19)15(17)10-13/h8-12,16,19H,4-7H2,1-3H3. The van der Waals surface area contributed by atoms with Crippen molar-refractivity contribution in [2.75, 3.05) is 11.9 Å². The van der Waals surface area contributed by atoms with Gasteiger partial charge in [-0.1, -0.05) is 41.8 Å². The second kappa shape index (κ2) is 6.27. The van der Waals surface area contributed by atoms with E-state index in [0.717, 1.165) is 16.0 Å². The largest absolute Gasteiger partial charge is 0.389 e. The van der Waals surface area contributed by atoms with Crippen LogP contribution in [0, 0.1) is 5.92 Å². The van der Waals surface area contributed by atoms with Crippen molar-refractivity contribution in [2.24, 2.45) is 5.92 Å². The molecule has 1 saturated carbocycles. The molecule has 2 nitrogen and oxygen atoms in total. The minimum Gasteiger partial charge on any atom is -0.389 e. The summed E-state index contributed by atoms with van der Waals surface area (Å²) in [5.74, 6) is 0.758. The number of anilines is 1. The summed E-state index contributed by atoms with van der Waals surface area (Å²) in [5, 5.41) is 9.68. The van der Waals surface area contributed by atoms with Gasteiger partial charge in [0.2, 0.25) is 0 Å². The maximum Gasteiger partial charge on any atom is 0.0772 e. The summed E-state index contributed by atoms with van der Waals surface area (Å²) in [6, 6.07) is 6.91. The third-order valence-corrected chi connectivity index (χ3v) is 5.09. The van der Waals surface area contributed by atoms with E-state index in [0.29, 0.717) is 6.04 Å². The molecule has 1 N–H and O–H groups in total. The lowest BCUT2D eigenvalue weighted by atomic mass is 9.85. The first kappa shape index (κ1) is 14.9. The van der Waals surface area contributed by atoms with Gasteiger partial charge in [0.05, 0.1) is 6.10 Å². The smallest absolute Gasteiger partial charge is 0.0772 e. The van der Waals surface area contributed by atoms with Crippen LogP contribution in [0.25, 0.3) is 0 Å². The van der Waals surface area contributed by atoms with Crippen molar-refractivity contribution in [3.8, 4) is 0 Å². The molecule has 1 aromatic rings. The highest BCUT2D eigenvalue weighted by Crippen LogP contribution is 2.33. The minimum absolute atomic E-state index is 0.428. The van der Waals surface area contributed by atoms with E-state index < -0.39 is 6.10 Å². The van der Waals surface area contributed by atoms with Gasteiger partial charge in [-0.2, -0.15) is 0 Å². The second-order valence-electron chi connectivity index (χ2n) is 5.82. The SMILES string of the molecule is CC(O)c1ccc(N(C)C2CCCCC2C)cc1Br. The van der Waals surface area contributed by atoms with E-state index >= 15 is 0 Å². The molecule has 0 aliphatic heterocycles. The monoisotopic (exact) mass is 325 g/mol. The lowest BCUT2D eigenvalue weighted by molar-refractivity contribution is 0.198. The first-order valence-corrected chi connectivity index (χ1v) is 8.00. The van der Waals surface area contributed by atoms with Crippen LogP contribution in [0.15, 0.2) is 22.7 Å². The van der Waals surface area contributed by atoms with E-state index in [1.54, 1.807) is 6.92 Å². The predicted molar refractivity (Wildman–Crippen MR) is 84.6 cm³/mol. The predicted octanol–water partition coefficient (Wildman–Crippen LogP) is 4.52. The van der Waals surface area contributed by atoms with Gasteiger partial charge in [-0.25, -0.2) is 0 Å². The number of benzene rings is 1. The lowest BCUT2D eigenvalue weighted by Crippen LogP contribution is -2.39. The topological polar surface area (TPSA) is 23.5 Å². The molecule has 3 atom stereocenters. The highest BCUT2D eigenvalue weighted by Gasteiger charge is 2.25. The molecule has 19 heavy (non-hydrogen) atoms. The molecule has 1 fully saturated rings. The Balaban J connectivity index is 2.19. The van der Waals surface area contributed by atoms with E-state index in [2.05, 4.69) is 46.9 Å². The Labute approximate surface area is 124 Å². The third-order valence-electron chi connectivity index (χ3n) is 4.41. The number of hydrogen-bond donors (Lipinski definition) is 1. The minimum atomic E-state index is -0.428. The van der Waals surface area contributed by atoms with Gasteiger partial charge < -0.3 is 10.0 Å². The van der Waals surface area contributed by atoms with E-state index in [4.69, 9.17) is 0 Å². The molecule has 0 bridgehead atoms. The number of aliphatic hydroxyl groups excluding tert-OH is 1. The van der Waals surface area contributed by atoms with Gasteiger partial charge in [-0.15, -0.1) is 0 Å². The van der Waals surface area contributed by atoms with Crippen molar-refractivity contribution in [3.05, 3.63) is 28.2 Å². The highest BCUT2D eigenvalue weighted by molar-refractivity contribution is 9.10. The van der Waals surface area contributed by atoms with Crippen molar-refractivity contribution in [1.29, 1.82) is 0 Å². The molecule has 1 aliphatic carbocycles. The van der Waals surface area contributed by atoms with Crippen LogP contribution in [0.1, 0.15) is 51.2 Å². The number of rotatable bonds is 3. The Kier molecular flexibility index (Phi) is 4.91. The van der Waals surface area contributed by atoms with E-state index in [1.807, 2.05) is 6.07 Å². The van der Waals surface area contributed by atoms with Crippen molar-refractivity contribution >= 4 is 21.6 Å². The number of halogens is 1. The van der Waals surface area contributed by atoms with Crippen molar-refractivity contribution in [3.63, 3.8) is 0 Å². The fourth-order valence-corrected chi connectivity index (χ4v) is 3.84. The zero-order valence-corrected chi connectivity index (χ0v) is 13.7. The van der Waals surface area contributed by atoms with Crippen LogP contribution in [0.5, 0.6) is 0 Å². The maximum absolute atomic E-state index is 9.68. The molecule has 0 aromatic heterocycles. The van der Waals surface area contributed by atoms with E-state index in [1.165, 1.54) is 31.4 Å². The van der Waals surface area contributed by atoms with Gasteiger partial charge >= 0.3 is 0 Å². The van der Waals surface area contributed by atoms with E-state index in [9.17, 15) is 5.11 Å². The molecule has 0 heterocycles. The first-order valence-electron chi connectivity index (χ1n) is 7.21. The third kappa shape index (κ3) is 3.32. The molecule has 0 spiro atoms. The van der Waals surface area contributed by atoms with E-state index in [-0.39, 0.29) is 0 Å². The Hall–Kier alpha value is -0.540. The van der Waals surface area contributed by atoms with Crippen LogP contribution in [-0.4, -0.2) is 18.2 Å². The Morgan fingerprint density at radius 2 is 2.00 bits per heavy atom. The van der Waals surface area contributed by atoms with Crippen LogP contribution in [0.3, 0.4) is 0 Å². The molecule has 106 valence electrons. The molecule has 3 heteroatoms. The molecule has 0 radical (unpaired) electrons. The van der Waals surface area contributed by atoms with Crippen molar-refractivity contribution < 1.29 is 5.11 Å². The summed E-state index contributed by atoms with van der Waals surface area (Å²) < 4.78 is 0.996. The lowest BCUT2D eigenvalue weighted by Gasteiger charge is -2.38. The Morgan fingerprint density at radius 1 is 1.32 bits per heavy atom. The van der Waals surface area contributed by atoms with Crippen molar-refractivity contribution in [1.82, 2.24) is 0 Å². The van der Waals surface area contributed by atoms with Crippen LogP contribution in [0.2, 0.25) is 0 Å². The van der Waals surface area contributed by atoms with Gasteiger partial charge in [-0.05, 0) is 43.4 Å². The Bertz CT molecular complexity index is 433.